The van der Waals surface area contributed by atoms with Crippen molar-refractivity contribution >= 4 is 27.3 Å². The molecule has 1 fully saturated rings. The van der Waals surface area contributed by atoms with E-state index in [-0.39, 0.29) is 22.8 Å². The predicted molar refractivity (Wildman–Crippen MR) is 110 cm³/mol. The number of ether oxygens (including phenoxy) is 2. The van der Waals surface area contributed by atoms with E-state index in [4.69, 9.17) is 9.47 Å². The normalized spacial score (nSPS) is 18.3. The molecule has 8 heteroatoms. The number of anilines is 2. The van der Waals surface area contributed by atoms with E-state index in [1.807, 2.05) is 11.8 Å². The summed E-state index contributed by atoms with van der Waals surface area (Å²) in [4.78, 5) is 14.6. The summed E-state index contributed by atoms with van der Waals surface area (Å²) in [6, 6.07) is 9.82. The van der Waals surface area contributed by atoms with Gasteiger partial charge in [0.25, 0.3) is 10.0 Å². The maximum absolute atomic E-state index is 12.9. The van der Waals surface area contributed by atoms with Crippen LogP contribution in [-0.4, -0.2) is 34.6 Å². The van der Waals surface area contributed by atoms with E-state index in [2.05, 4.69) is 4.72 Å². The van der Waals surface area contributed by atoms with E-state index in [1.165, 1.54) is 14.2 Å². The molecule has 4 rings (SSSR count). The fourth-order valence-corrected chi connectivity index (χ4v) is 4.81. The highest BCUT2D eigenvalue weighted by molar-refractivity contribution is 7.92. The Kier molecular flexibility index (Phi) is 4.90. The van der Waals surface area contributed by atoms with Gasteiger partial charge in [0.05, 0.1) is 24.8 Å². The van der Waals surface area contributed by atoms with Crippen LogP contribution < -0.4 is 19.1 Å². The summed E-state index contributed by atoms with van der Waals surface area (Å²) in [6.45, 7) is 2.00. The number of hydrogen-bond donors (Lipinski definition) is 1. The highest BCUT2D eigenvalue weighted by Gasteiger charge is 2.39. The van der Waals surface area contributed by atoms with Crippen LogP contribution in [0, 0.1) is 5.92 Å². The smallest absolute Gasteiger partial charge is 0.261 e. The second-order valence-electron chi connectivity index (χ2n) is 7.53. The number of nitrogens with one attached hydrogen (secondary N) is 1. The molecule has 1 aliphatic carbocycles. The van der Waals surface area contributed by atoms with Crippen molar-refractivity contribution in [2.24, 2.45) is 5.92 Å². The highest BCUT2D eigenvalue weighted by Crippen LogP contribution is 2.39. The van der Waals surface area contributed by atoms with E-state index in [9.17, 15) is 13.2 Å². The van der Waals surface area contributed by atoms with E-state index in [0.29, 0.717) is 23.6 Å². The second kappa shape index (κ2) is 7.26. The van der Waals surface area contributed by atoms with Crippen molar-refractivity contribution in [3.8, 4) is 11.5 Å². The van der Waals surface area contributed by atoms with Gasteiger partial charge >= 0.3 is 0 Å². The van der Waals surface area contributed by atoms with E-state index >= 15 is 0 Å². The van der Waals surface area contributed by atoms with Gasteiger partial charge in [-0.2, -0.15) is 0 Å². The van der Waals surface area contributed by atoms with Crippen molar-refractivity contribution < 1.29 is 22.7 Å². The summed E-state index contributed by atoms with van der Waals surface area (Å²) < 4.78 is 38.9. The van der Waals surface area contributed by atoms with Crippen LogP contribution in [0.2, 0.25) is 0 Å². The SMILES string of the molecule is COc1cc(NS(=O)(=O)c2ccc3c(c2)CC(C)N3C(=O)C2CC2)cc(OC)c1. The number of nitrogens with zero attached hydrogens (tertiary/aromatic N) is 1. The molecule has 2 aromatic rings. The minimum atomic E-state index is -3.81. The molecule has 1 atom stereocenters. The molecule has 0 aromatic heterocycles. The minimum absolute atomic E-state index is 0.0339. The standard InChI is InChI=1S/C21H24N2O5S/c1-13-8-15-9-19(6-7-20(15)23(13)21(24)14-4-5-14)29(25,26)22-16-10-17(27-2)12-18(11-16)28-3/h6-7,9-14,22H,4-5,8H2,1-3H3. The van der Waals surface area contributed by atoms with Gasteiger partial charge in [0.15, 0.2) is 0 Å². The zero-order chi connectivity index (χ0) is 20.8. The first-order valence-corrected chi connectivity index (χ1v) is 11.0. The van der Waals surface area contributed by atoms with Crippen molar-refractivity contribution in [2.75, 3.05) is 23.8 Å². The number of benzene rings is 2. The molecule has 7 nitrogen and oxygen atoms in total. The molecule has 1 amide bonds. The minimum Gasteiger partial charge on any atom is -0.497 e. The molecule has 1 saturated carbocycles. The average Bonchev–Trinajstić information content (AvgIpc) is 3.48. The molecule has 1 heterocycles. The lowest BCUT2D eigenvalue weighted by atomic mass is 10.1. The quantitative estimate of drug-likeness (QED) is 0.782. The zero-order valence-electron chi connectivity index (χ0n) is 16.6. The molecule has 154 valence electrons. The Morgan fingerprint density at radius 1 is 1.07 bits per heavy atom. The first kappa shape index (κ1) is 19.6. The van der Waals surface area contributed by atoms with Gasteiger partial charge in [0, 0.05) is 35.8 Å². The Balaban J connectivity index is 1.62. The molecule has 0 bridgehead atoms. The lowest BCUT2D eigenvalue weighted by Crippen LogP contribution is -2.36. The monoisotopic (exact) mass is 416 g/mol. The summed E-state index contributed by atoms with van der Waals surface area (Å²) in [5, 5.41) is 0. The van der Waals surface area contributed by atoms with Crippen LogP contribution in [0.25, 0.3) is 0 Å². The third-order valence-corrected chi connectivity index (χ3v) is 6.72. The molecule has 0 spiro atoms. The third-order valence-electron chi connectivity index (χ3n) is 5.34. The van der Waals surface area contributed by atoms with Gasteiger partial charge in [0.1, 0.15) is 11.5 Å². The number of hydrogen-bond acceptors (Lipinski definition) is 5. The van der Waals surface area contributed by atoms with Crippen LogP contribution in [-0.2, 0) is 21.2 Å². The number of amides is 1. The van der Waals surface area contributed by atoms with Crippen molar-refractivity contribution in [1.82, 2.24) is 0 Å². The molecule has 1 N–H and O–H groups in total. The third kappa shape index (κ3) is 3.76. The number of carbonyl (C=O) groups excluding carboxylic acids is 1. The molecule has 0 radical (unpaired) electrons. The molecular formula is C21H24N2O5S. The Labute approximate surface area is 170 Å². The van der Waals surface area contributed by atoms with Gasteiger partial charge in [-0.1, -0.05) is 0 Å². The Hall–Kier alpha value is -2.74. The lowest BCUT2D eigenvalue weighted by Gasteiger charge is -2.22. The van der Waals surface area contributed by atoms with Crippen LogP contribution in [0.4, 0.5) is 11.4 Å². The Morgan fingerprint density at radius 3 is 2.31 bits per heavy atom. The fourth-order valence-electron chi connectivity index (χ4n) is 3.72. The van der Waals surface area contributed by atoms with Gasteiger partial charge < -0.3 is 14.4 Å². The molecule has 1 unspecified atom stereocenters. The summed E-state index contributed by atoms with van der Waals surface area (Å²) in [6.07, 6.45) is 2.53. The van der Waals surface area contributed by atoms with Crippen LogP contribution in [0.3, 0.4) is 0 Å². The predicted octanol–water partition coefficient (Wildman–Crippen LogP) is 3.19. The topological polar surface area (TPSA) is 84.9 Å². The van der Waals surface area contributed by atoms with Gasteiger partial charge in [-0.3, -0.25) is 9.52 Å². The van der Waals surface area contributed by atoms with Crippen molar-refractivity contribution in [3.05, 3.63) is 42.0 Å². The van der Waals surface area contributed by atoms with Crippen LogP contribution in [0.15, 0.2) is 41.3 Å². The van der Waals surface area contributed by atoms with Gasteiger partial charge in [-0.05, 0) is 49.9 Å². The number of sulfonamides is 1. The van der Waals surface area contributed by atoms with Crippen LogP contribution in [0.5, 0.6) is 11.5 Å². The van der Waals surface area contributed by atoms with E-state index in [1.54, 1.807) is 36.4 Å². The number of fused-ring (bicyclic) bond motifs is 1. The summed E-state index contributed by atoms with van der Waals surface area (Å²) in [5.41, 5.74) is 2.04. The van der Waals surface area contributed by atoms with Gasteiger partial charge in [-0.25, -0.2) is 8.42 Å². The zero-order valence-corrected chi connectivity index (χ0v) is 17.5. The van der Waals surface area contributed by atoms with Crippen molar-refractivity contribution in [3.63, 3.8) is 0 Å². The first-order chi connectivity index (χ1) is 13.8. The van der Waals surface area contributed by atoms with Crippen molar-refractivity contribution in [1.29, 1.82) is 0 Å². The van der Waals surface area contributed by atoms with E-state index in [0.717, 1.165) is 24.1 Å². The highest BCUT2D eigenvalue weighted by atomic mass is 32.2. The van der Waals surface area contributed by atoms with Crippen LogP contribution in [0.1, 0.15) is 25.3 Å². The number of methoxy groups -OCH3 is 2. The van der Waals surface area contributed by atoms with Crippen molar-refractivity contribution in [2.45, 2.75) is 37.1 Å². The van der Waals surface area contributed by atoms with E-state index < -0.39 is 10.0 Å². The molecule has 2 aromatic carbocycles. The molecule has 0 saturated heterocycles. The van der Waals surface area contributed by atoms with Gasteiger partial charge in [0.2, 0.25) is 5.91 Å². The number of carbonyl (C=O) groups is 1. The number of rotatable bonds is 6. The maximum atomic E-state index is 12.9. The molecule has 1 aliphatic heterocycles. The molecule has 2 aliphatic rings. The summed E-state index contributed by atoms with van der Waals surface area (Å²) in [7, 11) is -0.802. The summed E-state index contributed by atoms with van der Waals surface area (Å²) in [5.74, 6) is 1.24. The lowest BCUT2D eigenvalue weighted by molar-refractivity contribution is -0.120. The average molecular weight is 416 g/mol. The maximum Gasteiger partial charge on any atom is 0.261 e. The fraction of sp³-hybridized carbons (Fsp3) is 0.381. The Morgan fingerprint density at radius 2 is 1.72 bits per heavy atom. The Bertz CT molecular complexity index is 1040. The summed E-state index contributed by atoms with van der Waals surface area (Å²) >= 11 is 0. The largest absolute Gasteiger partial charge is 0.497 e. The van der Waals surface area contributed by atoms with Crippen LogP contribution >= 0.6 is 0 Å². The second-order valence-corrected chi connectivity index (χ2v) is 9.22. The van der Waals surface area contributed by atoms with Gasteiger partial charge in [-0.15, -0.1) is 0 Å². The molecule has 29 heavy (non-hydrogen) atoms. The first-order valence-electron chi connectivity index (χ1n) is 9.54. The molecular weight excluding hydrogens is 392 g/mol.